The summed E-state index contributed by atoms with van der Waals surface area (Å²) in [5, 5.41) is 2.02. The maximum Gasteiger partial charge on any atom is 0.231 e. The summed E-state index contributed by atoms with van der Waals surface area (Å²) >= 11 is 6.98. The SMILES string of the molecule is Brc1cccc(-c2c3oc4ccccc4c3nc3c2oc2ccccc23)c1.O=C1/C(=C/c2cccc(Br)c2)Oc2ccccc21.O=C1COc2ccccc21. The zero-order valence-electron chi connectivity index (χ0n) is 28.8. The molecule has 9 heteroatoms. The minimum Gasteiger partial charge on any atom is -0.485 e. The molecule has 0 bridgehead atoms. The predicted molar refractivity (Wildman–Crippen MR) is 222 cm³/mol. The molecule has 0 amide bonds. The first-order valence-corrected chi connectivity index (χ1v) is 18.9. The van der Waals surface area contributed by atoms with Gasteiger partial charge in [0.1, 0.15) is 33.7 Å². The Hall–Kier alpha value is -6.29. The molecule has 0 saturated carbocycles. The highest BCUT2D eigenvalue weighted by atomic mass is 79.9. The van der Waals surface area contributed by atoms with E-state index < -0.39 is 0 Å². The Balaban J connectivity index is 0.000000121. The van der Waals surface area contributed by atoms with Gasteiger partial charge in [-0.1, -0.05) is 105 Å². The van der Waals surface area contributed by atoms with Crippen LogP contribution in [0.1, 0.15) is 26.3 Å². The monoisotopic (exact) mass is 847 g/mol. The van der Waals surface area contributed by atoms with E-state index in [1.807, 2.05) is 109 Å². The van der Waals surface area contributed by atoms with Crippen LogP contribution in [0.15, 0.2) is 169 Å². The molecule has 6 aromatic carbocycles. The number of nitrogens with zero attached hydrogens (tertiary/aromatic N) is 1. The number of rotatable bonds is 2. The smallest absolute Gasteiger partial charge is 0.231 e. The van der Waals surface area contributed by atoms with Crippen molar-refractivity contribution in [1.29, 1.82) is 0 Å². The maximum absolute atomic E-state index is 12.1. The van der Waals surface area contributed by atoms with Gasteiger partial charge in [-0.2, -0.15) is 0 Å². The van der Waals surface area contributed by atoms with Crippen molar-refractivity contribution in [2.75, 3.05) is 6.61 Å². The number of halogens is 2. The van der Waals surface area contributed by atoms with Crippen LogP contribution in [0.5, 0.6) is 11.5 Å². The topological polar surface area (TPSA) is 91.8 Å². The molecule has 0 aliphatic carbocycles. The number of carbonyl (C=O) groups is 2. The molecule has 2 aliphatic heterocycles. The Bertz CT molecular complexity index is 2910. The standard InChI is InChI=1S/C23H12BrNO2.C15H9BrO2.C8H6O2/c24-14-7-5-6-13(12-14)19-22-20(15-8-1-3-10-17(15)26-22)25-21-16-9-2-4-11-18(16)27-23(19)21;16-11-5-3-4-10(8-11)9-14-15(17)12-6-1-2-7-13(12)18-14;9-7-5-10-8-4-2-1-3-6(7)8/h1-12H;1-9H;1-4H,5H2/b;14-9-;. The first-order valence-electron chi connectivity index (χ1n) is 17.3. The van der Waals surface area contributed by atoms with Gasteiger partial charge in [0, 0.05) is 19.7 Å². The number of pyridine rings is 1. The number of aromatic nitrogens is 1. The van der Waals surface area contributed by atoms with Crippen LogP contribution in [0.25, 0.3) is 61.3 Å². The highest BCUT2D eigenvalue weighted by Gasteiger charge is 2.26. The Morgan fingerprint density at radius 1 is 0.582 bits per heavy atom. The summed E-state index contributed by atoms with van der Waals surface area (Å²) in [7, 11) is 0. The number of fused-ring (bicyclic) bond motifs is 8. The first-order chi connectivity index (χ1) is 26.9. The van der Waals surface area contributed by atoms with Crippen molar-refractivity contribution in [2.45, 2.75) is 0 Å². The molecule has 0 fully saturated rings. The van der Waals surface area contributed by atoms with E-state index in [0.717, 1.165) is 69.8 Å². The Morgan fingerprint density at radius 2 is 1.16 bits per heavy atom. The van der Waals surface area contributed by atoms with Gasteiger partial charge in [-0.15, -0.1) is 0 Å². The van der Waals surface area contributed by atoms with E-state index in [9.17, 15) is 9.59 Å². The van der Waals surface area contributed by atoms with Crippen LogP contribution in [0, 0.1) is 0 Å². The third-order valence-electron chi connectivity index (χ3n) is 9.20. The lowest BCUT2D eigenvalue weighted by Gasteiger charge is -2.04. The molecule has 2 aliphatic rings. The molecule has 0 unspecified atom stereocenters. The van der Waals surface area contributed by atoms with Crippen LogP contribution in [-0.2, 0) is 0 Å². The van der Waals surface area contributed by atoms with Gasteiger partial charge in [-0.3, -0.25) is 9.59 Å². The lowest BCUT2D eigenvalue weighted by Crippen LogP contribution is -1.98. The number of carbonyl (C=O) groups excluding carboxylic acids is 2. The number of ether oxygens (including phenoxy) is 2. The highest BCUT2D eigenvalue weighted by molar-refractivity contribution is 9.10. The van der Waals surface area contributed by atoms with E-state index in [1.54, 1.807) is 30.3 Å². The van der Waals surface area contributed by atoms with Gasteiger partial charge in [0.25, 0.3) is 0 Å². The molecule has 7 nitrogen and oxygen atoms in total. The third kappa shape index (κ3) is 6.62. The Kier molecular flexibility index (Phi) is 9.09. The summed E-state index contributed by atoms with van der Waals surface area (Å²) < 4.78 is 25.1. The summed E-state index contributed by atoms with van der Waals surface area (Å²) in [5.74, 6) is 1.73. The van der Waals surface area contributed by atoms with E-state index in [2.05, 4.69) is 44.0 Å². The molecule has 3 aromatic heterocycles. The summed E-state index contributed by atoms with van der Waals surface area (Å²) in [5.41, 5.74) is 9.10. The van der Waals surface area contributed by atoms with Crippen LogP contribution < -0.4 is 9.47 Å². The Labute approximate surface area is 331 Å². The van der Waals surface area contributed by atoms with Crippen molar-refractivity contribution in [3.05, 3.63) is 177 Å². The van der Waals surface area contributed by atoms with E-state index in [0.29, 0.717) is 28.4 Å². The van der Waals surface area contributed by atoms with Gasteiger partial charge < -0.3 is 18.3 Å². The predicted octanol–water partition coefficient (Wildman–Crippen LogP) is 12.6. The van der Waals surface area contributed by atoms with Crippen molar-refractivity contribution < 1.29 is 27.9 Å². The van der Waals surface area contributed by atoms with Crippen molar-refractivity contribution >= 4 is 93.6 Å². The van der Waals surface area contributed by atoms with E-state index in [-0.39, 0.29) is 18.2 Å². The number of hydrogen-bond donors (Lipinski definition) is 0. The normalized spacial score (nSPS) is 13.6. The molecule has 0 N–H and O–H groups in total. The van der Waals surface area contributed by atoms with Gasteiger partial charge in [-0.25, -0.2) is 4.98 Å². The largest absolute Gasteiger partial charge is 0.485 e. The third-order valence-corrected chi connectivity index (χ3v) is 10.2. The molecule has 0 spiro atoms. The molecule has 11 rings (SSSR count). The van der Waals surface area contributed by atoms with Gasteiger partial charge in [0.2, 0.25) is 11.6 Å². The summed E-state index contributed by atoms with van der Waals surface area (Å²) in [6, 6.07) is 46.5. The minimum atomic E-state index is -0.0643. The van der Waals surface area contributed by atoms with Crippen molar-refractivity contribution in [2.24, 2.45) is 0 Å². The number of benzene rings is 6. The maximum atomic E-state index is 12.1. The first kappa shape index (κ1) is 34.5. The van der Waals surface area contributed by atoms with Crippen LogP contribution in [-0.4, -0.2) is 23.2 Å². The lowest BCUT2D eigenvalue weighted by atomic mass is 10.0. The van der Waals surface area contributed by atoms with Gasteiger partial charge in [-0.05, 0) is 90.0 Å². The molecule has 5 heterocycles. The number of Topliss-reactive ketones (excluding diaryl/α,β-unsaturated/α-hetero) is 2. The fourth-order valence-corrected chi connectivity index (χ4v) is 7.49. The van der Waals surface area contributed by atoms with Crippen LogP contribution >= 0.6 is 31.9 Å². The van der Waals surface area contributed by atoms with E-state index in [4.69, 9.17) is 23.3 Å². The molecule has 55 heavy (non-hydrogen) atoms. The summed E-state index contributed by atoms with van der Waals surface area (Å²) in [4.78, 5) is 28.0. The zero-order valence-corrected chi connectivity index (χ0v) is 32.0. The second-order valence-corrected chi connectivity index (χ2v) is 14.6. The average molecular weight is 850 g/mol. The highest BCUT2D eigenvalue weighted by Crippen LogP contribution is 2.43. The van der Waals surface area contributed by atoms with E-state index >= 15 is 0 Å². The number of hydrogen-bond acceptors (Lipinski definition) is 7. The quantitative estimate of drug-likeness (QED) is 0.160. The minimum absolute atomic E-state index is 0.0643. The fourth-order valence-electron chi connectivity index (χ4n) is 6.67. The molecule has 0 atom stereocenters. The molecule has 0 radical (unpaired) electrons. The van der Waals surface area contributed by atoms with Gasteiger partial charge in [0.05, 0.1) is 16.7 Å². The van der Waals surface area contributed by atoms with Gasteiger partial charge >= 0.3 is 0 Å². The average Bonchev–Trinajstić information content (AvgIpc) is 3.96. The van der Waals surface area contributed by atoms with Crippen LogP contribution in [0.2, 0.25) is 0 Å². The molecular weight excluding hydrogens is 822 g/mol. The van der Waals surface area contributed by atoms with Gasteiger partial charge in [0.15, 0.2) is 23.5 Å². The van der Waals surface area contributed by atoms with Crippen molar-refractivity contribution in [3.8, 4) is 22.6 Å². The second-order valence-electron chi connectivity index (χ2n) is 12.7. The molecule has 9 aromatic rings. The zero-order chi connectivity index (χ0) is 37.5. The fraction of sp³-hybridized carbons (Fsp3) is 0.0217. The van der Waals surface area contributed by atoms with Crippen LogP contribution in [0.3, 0.4) is 0 Å². The Morgan fingerprint density at radius 3 is 1.80 bits per heavy atom. The second kappa shape index (κ2) is 14.5. The molecule has 0 saturated heterocycles. The lowest BCUT2D eigenvalue weighted by molar-refractivity contribution is 0.0960. The number of para-hydroxylation sites is 4. The summed E-state index contributed by atoms with van der Waals surface area (Å²) in [6.07, 6.45) is 1.76. The van der Waals surface area contributed by atoms with E-state index in [1.165, 1.54) is 0 Å². The number of ketones is 2. The summed E-state index contributed by atoms with van der Waals surface area (Å²) in [6.45, 7) is 0.208. The van der Waals surface area contributed by atoms with Crippen LogP contribution in [0.4, 0.5) is 0 Å². The number of furan rings is 2. The molecule has 266 valence electrons. The molecular formula is C46H27Br2NO6. The number of allylic oxidation sites excluding steroid dienone is 1. The van der Waals surface area contributed by atoms with Crippen molar-refractivity contribution in [3.63, 3.8) is 0 Å². The van der Waals surface area contributed by atoms with Crippen molar-refractivity contribution in [1.82, 2.24) is 4.98 Å².